The van der Waals surface area contributed by atoms with Crippen LogP contribution in [0.5, 0.6) is 11.5 Å². The Labute approximate surface area is 213 Å². The van der Waals surface area contributed by atoms with Crippen molar-refractivity contribution in [1.29, 1.82) is 0 Å². The highest BCUT2D eigenvalue weighted by Crippen LogP contribution is 2.42. The molecule has 0 saturated heterocycles. The summed E-state index contributed by atoms with van der Waals surface area (Å²) in [7, 11) is 1.54. The number of nitrogens with zero attached hydrogens (tertiary/aromatic N) is 2. The lowest BCUT2D eigenvalue weighted by Gasteiger charge is -2.25. The summed E-state index contributed by atoms with van der Waals surface area (Å²) >= 11 is 0. The monoisotopic (exact) mass is 502 g/mol. The van der Waals surface area contributed by atoms with Crippen LogP contribution in [0.4, 0.5) is 10.2 Å². The first-order valence-electron chi connectivity index (χ1n) is 12.3. The molecule has 37 heavy (non-hydrogen) atoms. The number of benzene rings is 2. The molecule has 3 heterocycles. The van der Waals surface area contributed by atoms with Crippen molar-refractivity contribution in [3.8, 4) is 11.5 Å². The zero-order valence-corrected chi connectivity index (χ0v) is 20.9. The van der Waals surface area contributed by atoms with Gasteiger partial charge < -0.3 is 13.9 Å². The third kappa shape index (κ3) is 4.43. The summed E-state index contributed by atoms with van der Waals surface area (Å²) in [4.78, 5) is 33.2. The van der Waals surface area contributed by atoms with Gasteiger partial charge in [-0.1, -0.05) is 31.9 Å². The molecule has 1 aliphatic heterocycles. The highest BCUT2D eigenvalue weighted by Gasteiger charge is 2.44. The molecule has 0 radical (unpaired) electrons. The SMILES string of the molecule is CCCCCOc1ccc(C2c3c(oc4ccc(F)cc4c3=O)C(=O)N2c2ccc(C)cn2)cc1OC. The van der Waals surface area contributed by atoms with E-state index in [1.165, 1.54) is 24.1 Å². The Hall–Kier alpha value is -4.20. The highest BCUT2D eigenvalue weighted by molar-refractivity contribution is 6.10. The van der Waals surface area contributed by atoms with Crippen LogP contribution in [0.15, 0.2) is 63.9 Å². The molecule has 0 aliphatic carbocycles. The molecule has 2 aromatic heterocycles. The number of aromatic nitrogens is 1. The van der Waals surface area contributed by atoms with Gasteiger partial charge in [0.2, 0.25) is 5.76 Å². The number of anilines is 1. The molecular weight excluding hydrogens is 475 g/mol. The van der Waals surface area contributed by atoms with Gasteiger partial charge in [0.05, 0.1) is 30.7 Å². The Kier molecular flexibility index (Phi) is 6.65. The van der Waals surface area contributed by atoms with Gasteiger partial charge >= 0.3 is 0 Å². The number of aryl methyl sites for hydroxylation is 1. The van der Waals surface area contributed by atoms with E-state index in [0.717, 1.165) is 30.9 Å². The average Bonchev–Trinajstić information content (AvgIpc) is 3.20. The Morgan fingerprint density at radius 2 is 1.89 bits per heavy atom. The molecule has 0 saturated carbocycles. The van der Waals surface area contributed by atoms with Gasteiger partial charge in [-0.15, -0.1) is 0 Å². The van der Waals surface area contributed by atoms with Crippen LogP contribution in [0.2, 0.25) is 0 Å². The molecule has 0 bridgehead atoms. The molecule has 0 spiro atoms. The van der Waals surface area contributed by atoms with Gasteiger partial charge in [0.25, 0.3) is 5.91 Å². The van der Waals surface area contributed by atoms with E-state index in [2.05, 4.69) is 11.9 Å². The van der Waals surface area contributed by atoms with Crippen LogP contribution in [0.25, 0.3) is 11.0 Å². The molecule has 2 aromatic carbocycles. The zero-order chi connectivity index (χ0) is 26.1. The van der Waals surface area contributed by atoms with Crippen LogP contribution in [0.3, 0.4) is 0 Å². The number of pyridine rings is 1. The predicted molar refractivity (Wildman–Crippen MR) is 138 cm³/mol. The number of halogens is 1. The largest absolute Gasteiger partial charge is 0.493 e. The third-order valence-electron chi connectivity index (χ3n) is 6.48. The summed E-state index contributed by atoms with van der Waals surface area (Å²) in [6.45, 7) is 4.57. The molecule has 8 heteroatoms. The zero-order valence-electron chi connectivity index (χ0n) is 20.9. The number of unbranched alkanes of at least 4 members (excludes halogenated alkanes) is 2. The summed E-state index contributed by atoms with van der Waals surface area (Å²) in [6.07, 6.45) is 4.71. The summed E-state index contributed by atoms with van der Waals surface area (Å²) in [5.41, 5.74) is 1.33. The minimum absolute atomic E-state index is 0.0677. The van der Waals surface area contributed by atoms with E-state index in [1.807, 2.05) is 13.0 Å². The number of methoxy groups -OCH3 is 1. The van der Waals surface area contributed by atoms with Crippen molar-refractivity contribution in [2.75, 3.05) is 18.6 Å². The fourth-order valence-electron chi connectivity index (χ4n) is 4.61. The molecule has 7 nitrogen and oxygen atoms in total. The van der Waals surface area contributed by atoms with Gasteiger partial charge in [-0.3, -0.25) is 14.5 Å². The standard InChI is InChI=1S/C29H27FN2O5/c1-4-5-6-13-36-22-10-8-18(14-23(22)35-3)26-25-27(33)20-15-19(30)9-11-21(20)37-28(25)29(34)32(26)24-12-7-17(2)16-31-24/h7-12,14-16,26H,4-6,13H2,1-3H3. The van der Waals surface area contributed by atoms with Crippen molar-refractivity contribution in [3.05, 3.63) is 93.2 Å². The molecule has 1 amide bonds. The van der Waals surface area contributed by atoms with E-state index in [0.29, 0.717) is 29.5 Å². The summed E-state index contributed by atoms with van der Waals surface area (Å²) in [5.74, 6) is 0.251. The van der Waals surface area contributed by atoms with E-state index in [4.69, 9.17) is 13.9 Å². The first kappa shape index (κ1) is 24.5. The number of carbonyl (C=O) groups excluding carboxylic acids is 1. The maximum atomic E-state index is 14.0. The Balaban J connectivity index is 1.67. The van der Waals surface area contributed by atoms with Crippen LogP contribution in [0.1, 0.15) is 59.5 Å². The van der Waals surface area contributed by atoms with Gasteiger partial charge in [-0.2, -0.15) is 0 Å². The predicted octanol–water partition coefficient (Wildman–Crippen LogP) is 5.96. The van der Waals surface area contributed by atoms with Crippen molar-refractivity contribution in [2.24, 2.45) is 0 Å². The van der Waals surface area contributed by atoms with Gasteiger partial charge in [-0.25, -0.2) is 9.37 Å². The van der Waals surface area contributed by atoms with E-state index in [-0.39, 0.29) is 22.3 Å². The van der Waals surface area contributed by atoms with Crippen LogP contribution >= 0.6 is 0 Å². The normalized spacial score (nSPS) is 14.8. The molecular formula is C29H27FN2O5. The number of ether oxygens (including phenoxy) is 2. The fraction of sp³-hybridized carbons (Fsp3) is 0.276. The van der Waals surface area contributed by atoms with E-state index in [1.54, 1.807) is 30.5 Å². The summed E-state index contributed by atoms with van der Waals surface area (Å²) < 4.78 is 31.4. The molecule has 1 aliphatic rings. The second-order valence-electron chi connectivity index (χ2n) is 9.05. The first-order valence-corrected chi connectivity index (χ1v) is 12.3. The number of hydrogen-bond acceptors (Lipinski definition) is 6. The molecule has 0 N–H and O–H groups in total. The second-order valence-corrected chi connectivity index (χ2v) is 9.05. The van der Waals surface area contributed by atoms with Crippen molar-refractivity contribution < 1.29 is 23.1 Å². The number of rotatable bonds is 8. The summed E-state index contributed by atoms with van der Waals surface area (Å²) in [5, 5.41) is 0.0677. The topological polar surface area (TPSA) is 81.9 Å². The van der Waals surface area contributed by atoms with Gasteiger partial charge in [-0.05, 0) is 60.9 Å². The maximum Gasteiger partial charge on any atom is 0.296 e. The Bertz CT molecular complexity index is 1530. The summed E-state index contributed by atoms with van der Waals surface area (Å²) in [6, 6.07) is 11.7. The number of amides is 1. The van der Waals surface area contributed by atoms with Gasteiger partial charge in [0.15, 0.2) is 16.9 Å². The van der Waals surface area contributed by atoms with Crippen molar-refractivity contribution in [1.82, 2.24) is 4.98 Å². The first-order chi connectivity index (χ1) is 17.9. The van der Waals surface area contributed by atoms with E-state index >= 15 is 0 Å². The highest BCUT2D eigenvalue weighted by atomic mass is 19.1. The van der Waals surface area contributed by atoms with Crippen LogP contribution in [-0.4, -0.2) is 24.6 Å². The molecule has 190 valence electrons. The lowest BCUT2D eigenvalue weighted by molar-refractivity contribution is 0.0970. The number of fused-ring (bicyclic) bond motifs is 2. The smallest absolute Gasteiger partial charge is 0.296 e. The molecule has 4 aromatic rings. The molecule has 5 rings (SSSR count). The van der Waals surface area contributed by atoms with Gasteiger partial charge in [0.1, 0.15) is 17.2 Å². The fourth-order valence-corrected chi connectivity index (χ4v) is 4.61. The lowest BCUT2D eigenvalue weighted by Crippen LogP contribution is -2.30. The van der Waals surface area contributed by atoms with Crippen molar-refractivity contribution >= 4 is 22.7 Å². The minimum Gasteiger partial charge on any atom is -0.493 e. The molecule has 1 atom stereocenters. The van der Waals surface area contributed by atoms with Crippen LogP contribution in [0, 0.1) is 12.7 Å². The maximum absolute atomic E-state index is 14.0. The second kappa shape index (κ2) is 10.0. The van der Waals surface area contributed by atoms with Crippen LogP contribution in [-0.2, 0) is 0 Å². The number of hydrogen-bond donors (Lipinski definition) is 0. The minimum atomic E-state index is -0.857. The molecule has 0 fully saturated rings. The van der Waals surface area contributed by atoms with Crippen molar-refractivity contribution in [2.45, 2.75) is 39.2 Å². The van der Waals surface area contributed by atoms with Gasteiger partial charge in [0, 0.05) is 6.20 Å². The quantitative estimate of drug-likeness (QED) is 0.277. The lowest BCUT2D eigenvalue weighted by atomic mass is 9.98. The third-order valence-corrected chi connectivity index (χ3v) is 6.48. The Morgan fingerprint density at radius 1 is 1.05 bits per heavy atom. The van der Waals surface area contributed by atoms with E-state index in [9.17, 15) is 14.0 Å². The van der Waals surface area contributed by atoms with E-state index < -0.39 is 23.2 Å². The molecule has 1 unspecified atom stereocenters. The average molecular weight is 503 g/mol. The van der Waals surface area contributed by atoms with Crippen LogP contribution < -0.4 is 19.8 Å². The Morgan fingerprint density at radius 3 is 2.62 bits per heavy atom. The van der Waals surface area contributed by atoms with Crippen molar-refractivity contribution in [3.63, 3.8) is 0 Å². The number of carbonyl (C=O) groups is 1.